The highest BCUT2D eigenvalue weighted by Crippen LogP contribution is 2.11. The number of ether oxygens (including phenoxy) is 2. The molecule has 0 saturated carbocycles. The lowest BCUT2D eigenvalue weighted by Gasteiger charge is -2.22. The molecule has 1 rings (SSSR count). The van der Waals surface area contributed by atoms with Crippen LogP contribution in [0.5, 0.6) is 0 Å². The van der Waals surface area contributed by atoms with Crippen molar-refractivity contribution in [3.63, 3.8) is 0 Å². The number of nitrogens with zero attached hydrogens (tertiary/aromatic N) is 3. The minimum absolute atomic E-state index is 0. The largest absolute Gasteiger partial charge is 0.379 e. The van der Waals surface area contributed by atoms with E-state index in [1.54, 1.807) is 0 Å². The van der Waals surface area contributed by atoms with Gasteiger partial charge in [0, 0.05) is 47.9 Å². The molecule has 0 bridgehead atoms. The maximum atomic E-state index is 5.60. The van der Waals surface area contributed by atoms with Crippen LogP contribution in [0.25, 0.3) is 0 Å². The Morgan fingerprint density at radius 3 is 2.47 bits per heavy atom. The molecule has 1 unspecified atom stereocenters. The second kappa shape index (κ2) is 10.7. The third-order valence-electron chi connectivity index (χ3n) is 2.83. The van der Waals surface area contributed by atoms with Gasteiger partial charge in [0.05, 0.1) is 12.7 Å². The zero-order valence-electron chi connectivity index (χ0n) is 12.6. The Labute approximate surface area is 134 Å². The molecular formula is C13H28IN3O2. The van der Waals surface area contributed by atoms with E-state index in [-0.39, 0.29) is 24.0 Å². The molecule has 1 heterocycles. The summed E-state index contributed by atoms with van der Waals surface area (Å²) in [5.74, 6) is 0.995. The van der Waals surface area contributed by atoms with Gasteiger partial charge in [-0.2, -0.15) is 0 Å². The molecule has 1 aliphatic rings. The Morgan fingerprint density at radius 1 is 1.26 bits per heavy atom. The number of halogens is 1. The zero-order valence-corrected chi connectivity index (χ0v) is 14.9. The summed E-state index contributed by atoms with van der Waals surface area (Å²) in [7, 11) is 8.03. The predicted octanol–water partition coefficient (Wildman–Crippen LogP) is 1.67. The lowest BCUT2D eigenvalue weighted by atomic mass is 10.2. The standard InChI is InChI=1S/C13H27N3O2.HI/c1-15(2)13(16(3)4)14-8-6-9-17-11-12-7-5-10-18-12;/h12H,5-11H2,1-4H3;1H. The highest BCUT2D eigenvalue weighted by molar-refractivity contribution is 14.0. The molecule has 5 nitrogen and oxygen atoms in total. The Kier molecular flexibility index (Phi) is 10.6. The lowest BCUT2D eigenvalue weighted by molar-refractivity contribution is 0.0170. The van der Waals surface area contributed by atoms with E-state index in [1.807, 2.05) is 38.0 Å². The van der Waals surface area contributed by atoms with Gasteiger partial charge in [0.15, 0.2) is 5.96 Å². The van der Waals surface area contributed by atoms with E-state index in [9.17, 15) is 0 Å². The number of guanidine groups is 1. The first-order chi connectivity index (χ1) is 8.61. The third-order valence-corrected chi connectivity index (χ3v) is 2.83. The van der Waals surface area contributed by atoms with Crippen molar-refractivity contribution in [2.75, 3.05) is 54.6 Å². The third kappa shape index (κ3) is 7.94. The van der Waals surface area contributed by atoms with Crippen LogP contribution in [0.15, 0.2) is 4.99 Å². The average Bonchev–Trinajstić information content (AvgIpc) is 2.79. The van der Waals surface area contributed by atoms with Gasteiger partial charge in [-0.15, -0.1) is 24.0 Å². The molecule has 1 saturated heterocycles. The first kappa shape index (κ1) is 18.9. The quantitative estimate of drug-likeness (QED) is 0.302. The van der Waals surface area contributed by atoms with E-state index in [0.717, 1.165) is 45.2 Å². The van der Waals surface area contributed by atoms with Crippen molar-refractivity contribution in [3.05, 3.63) is 0 Å². The van der Waals surface area contributed by atoms with E-state index in [1.165, 1.54) is 6.42 Å². The van der Waals surface area contributed by atoms with Gasteiger partial charge in [0.2, 0.25) is 0 Å². The number of rotatable bonds is 6. The Balaban J connectivity index is 0.00000324. The van der Waals surface area contributed by atoms with Crippen LogP contribution in [0.4, 0.5) is 0 Å². The highest BCUT2D eigenvalue weighted by atomic mass is 127. The van der Waals surface area contributed by atoms with Crippen molar-refractivity contribution in [3.8, 4) is 0 Å². The van der Waals surface area contributed by atoms with Gasteiger partial charge in [-0.25, -0.2) is 0 Å². The number of hydrogen-bond acceptors (Lipinski definition) is 3. The summed E-state index contributed by atoms with van der Waals surface area (Å²) in [5, 5.41) is 0. The van der Waals surface area contributed by atoms with E-state index in [0.29, 0.717) is 6.10 Å². The molecule has 0 N–H and O–H groups in total. The van der Waals surface area contributed by atoms with Crippen LogP contribution in [0.1, 0.15) is 19.3 Å². The summed E-state index contributed by atoms with van der Waals surface area (Å²) in [5.41, 5.74) is 0. The van der Waals surface area contributed by atoms with Crippen LogP contribution in [0.3, 0.4) is 0 Å². The van der Waals surface area contributed by atoms with E-state index in [4.69, 9.17) is 9.47 Å². The molecule has 0 spiro atoms. The van der Waals surface area contributed by atoms with Crippen molar-refractivity contribution in [2.45, 2.75) is 25.4 Å². The van der Waals surface area contributed by atoms with Crippen molar-refractivity contribution < 1.29 is 9.47 Å². The first-order valence-electron chi connectivity index (χ1n) is 6.69. The maximum Gasteiger partial charge on any atom is 0.195 e. The topological polar surface area (TPSA) is 37.3 Å². The van der Waals surface area contributed by atoms with Gasteiger partial charge in [0.1, 0.15) is 0 Å². The zero-order chi connectivity index (χ0) is 13.4. The molecule has 0 aromatic rings. The Bertz CT molecular complexity index is 244. The molecule has 1 aliphatic heterocycles. The lowest BCUT2D eigenvalue weighted by Crippen LogP contribution is -2.35. The van der Waals surface area contributed by atoms with Crippen molar-refractivity contribution in [2.24, 2.45) is 4.99 Å². The van der Waals surface area contributed by atoms with Gasteiger partial charge in [0.25, 0.3) is 0 Å². The molecule has 0 aromatic carbocycles. The fraction of sp³-hybridized carbons (Fsp3) is 0.923. The van der Waals surface area contributed by atoms with Gasteiger partial charge in [-0.05, 0) is 19.3 Å². The Morgan fingerprint density at radius 2 is 1.95 bits per heavy atom. The SMILES string of the molecule is CN(C)C(=NCCCOCC1CCCO1)N(C)C.I. The van der Waals surface area contributed by atoms with Crippen molar-refractivity contribution >= 4 is 29.9 Å². The molecular weight excluding hydrogens is 357 g/mol. The first-order valence-corrected chi connectivity index (χ1v) is 6.69. The second-order valence-corrected chi connectivity index (χ2v) is 5.03. The molecule has 1 atom stereocenters. The summed E-state index contributed by atoms with van der Waals surface area (Å²) < 4.78 is 11.1. The molecule has 6 heteroatoms. The van der Waals surface area contributed by atoms with Crippen LogP contribution in [0.2, 0.25) is 0 Å². The molecule has 0 radical (unpaired) electrons. The molecule has 0 aliphatic carbocycles. The van der Waals surface area contributed by atoms with Gasteiger partial charge in [-0.1, -0.05) is 0 Å². The second-order valence-electron chi connectivity index (χ2n) is 5.03. The van der Waals surface area contributed by atoms with Crippen LogP contribution >= 0.6 is 24.0 Å². The highest BCUT2D eigenvalue weighted by Gasteiger charge is 2.14. The molecule has 114 valence electrons. The summed E-state index contributed by atoms with van der Waals surface area (Å²) in [6.07, 6.45) is 3.60. The van der Waals surface area contributed by atoms with E-state index >= 15 is 0 Å². The van der Waals surface area contributed by atoms with Gasteiger partial charge < -0.3 is 19.3 Å². The van der Waals surface area contributed by atoms with Crippen LogP contribution in [-0.4, -0.2) is 76.4 Å². The number of hydrogen-bond donors (Lipinski definition) is 0. The summed E-state index contributed by atoms with van der Waals surface area (Å²) >= 11 is 0. The Hall–Kier alpha value is -0.0800. The predicted molar refractivity (Wildman–Crippen MR) is 89.5 cm³/mol. The normalized spacial score (nSPS) is 17.8. The van der Waals surface area contributed by atoms with Gasteiger partial charge >= 0.3 is 0 Å². The molecule has 19 heavy (non-hydrogen) atoms. The van der Waals surface area contributed by atoms with Crippen LogP contribution in [0, 0.1) is 0 Å². The molecule has 0 aromatic heterocycles. The summed E-state index contributed by atoms with van der Waals surface area (Å²) in [6, 6.07) is 0. The van der Waals surface area contributed by atoms with Gasteiger partial charge in [-0.3, -0.25) is 4.99 Å². The number of aliphatic imine (C=N–C) groups is 1. The maximum absolute atomic E-state index is 5.60. The monoisotopic (exact) mass is 385 g/mol. The molecule has 1 fully saturated rings. The van der Waals surface area contributed by atoms with Crippen LogP contribution < -0.4 is 0 Å². The van der Waals surface area contributed by atoms with E-state index in [2.05, 4.69) is 4.99 Å². The fourth-order valence-electron chi connectivity index (χ4n) is 2.02. The summed E-state index contributed by atoms with van der Waals surface area (Å²) in [4.78, 5) is 8.59. The van der Waals surface area contributed by atoms with E-state index < -0.39 is 0 Å². The minimum Gasteiger partial charge on any atom is -0.379 e. The van der Waals surface area contributed by atoms with Crippen molar-refractivity contribution in [1.82, 2.24) is 9.80 Å². The molecule has 0 amide bonds. The smallest absolute Gasteiger partial charge is 0.195 e. The minimum atomic E-state index is 0. The van der Waals surface area contributed by atoms with Crippen molar-refractivity contribution in [1.29, 1.82) is 0 Å². The summed E-state index contributed by atoms with van der Waals surface area (Å²) in [6.45, 7) is 3.19. The average molecular weight is 385 g/mol. The fourth-order valence-corrected chi connectivity index (χ4v) is 2.02. The van der Waals surface area contributed by atoms with Crippen LogP contribution in [-0.2, 0) is 9.47 Å².